The first-order valence-corrected chi connectivity index (χ1v) is 36.1. The highest BCUT2D eigenvalue weighted by Gasteiger charge is 2.62. The van der Waals surface area contributed by atoms with Gasteiger partial charge in [0.05, 0.1) is 75.6 Å². The van der Waals surface area contributed by atoms with E-state index in [0.717, 1.165) is 27.1 Å². The van der Waals surface area contributed by atoms with E-state index >= 15 is 0 Å². The SMILES string of the molecule is C=C1C[C@@H](C[C@]2(OC)O[C@H](C[C@H](CC(=O)SC(C)(C)C)O[Si](c3ccccc3)(c3ccccc3)C(C)(C)C)C[C@H](OC(C)=O)C2(C)C)O[C@@H](/C=C/C(C)(C)[C@]2(OC)O[C@H](C[C@@H](OCc3ccc(OC)cc3)[C@@H](C)OCOCc3ccccc3)C/C(=C\C(=O)OC)[C@@H]2OC(C)=O)C1. The molecule has 0 aliphatic carbocycles. The minimum Gasteiger partial charge on any atom is -0.497 e. The molecule has 19 heteroatoms. The molecule has 17 nitrogen and oxygen atoms in total. The molecule has 4 aromatic rings. The molecule has 0 aromatic heterocycles. The Morgan fingerprint density at radius 2 is 1.31 bits per heavy atom. The first kappa shape index (κ1) is 77.5. The summed E-state index contributed by atoms with van der Waals surface area (Å²) in [6.07, 6.45) is 1.26. The molecular weight excluding hydrogens is 1260 g/mol. The van der Waals surface area contributed by atoms with E-state index in [-0.39, 0.29) is 55.4 Å². The van der Waals surface area contributed by atoms with Crippen molar-refractivity contribution in [2.75, 3.05) is 35.2 Å². The fourth-order valence-electron chi connectivity index (χ4n) is 13.7. The van der Waals surface area contributed by atoms with Gasteiger partial charge < -0.3 is 61.3 Å². The van der Waals surface area contributed by atoms with Crippen LogP contribution in [0.25, 0.3) is 0 Å². The van der Waals surface area contributed by atoms with E-state index in [2.05, 4.69) is 51.6 Å². The Kier molecular flexibility index (Phi) is 27.3. The van der Waals surface area contributed by atoms with Crippen molar-refractivity contribution in [3.05, 3.63) is 162 Å². The minimum atomic E-state index is -3.24. The Bertz CT molecular complexity index is 3190. The topological polar surface area (TPSA) is 188 Å². The Hall–Kier alpha value is -5.81. The number of thioether (sulfide) groups is 1. The predicted molar refractivity (Wildman–Crippen MR) is 375 cm³/mol. The smallest absolute Gasteiger partial charge is 0.330 e. The highest BCUT2D eigenvalue weighted by molar-refractivity contribution is 8.14. The van der Waals surface area contributed by atoms with Crippen LogP contribution in [0.3, 0.4) is 0 Å². The highest BCUT2D eigenvalue weighted by atomic mass is 32.2. The van der Waals surface area contributed by atoms with E-state index in [1.165, 1.54) is 45.9 Å². The molecule has 0 spiro atoms. The third kappa shape index (κ3) is 19.8. The second-order valence-electron chi connectivity index (χ2n) is 28.7. The average Bonchev–Trinajstić information content (AvgIpc) is 0.765. The lowest BCUT2D eigenvalue weighted by Crippen LogP contribution is -2.68. The van der Waals surface area contributed by atoms with Gasteiger partial charge in [-0.15, -0.1) is 0 Å². The number of carbonyl (C=O) groups excluding carboxylic acids is 4. The van der Waals surface area contributed by atoms with Gasteiger partial charge in [0.25, 0.3) is 8.32 Å². The predicted octanol–water partition coefficient (Wildman–Crippen LogP) is 13.7. The molecule has 7 rings (SSSR count). The summed E-state index contributed by atoms with van der Waals surface area (Å²) in [4.78, 5) is 54.3. The Labute approximate surface area is 576 Å². The Morgan fingerprint density at radius 1 is 0.708 bits per heavy atom. The van der Waals surface area contributed by atoms with E-state index < -0.39 is 109 Å². The summed E-state index contributed by atoms with van der Waals surface area (Å²) in [7, 11) is 2.76. The lowest BCUT2D eigenvalue weighted by molar-refractivity contribution is -0.358. The maximum Gasteiger partial charge on any atom is 0.330 e. The summed E-state index contributed by atoms with van der Waals surface area (Å²) < 4.78 is 84.7. The van der Waals surface area contributed by atoms with E-state index in [1.54, 1.807) is 14.2 Å². The number of esters is 3. The zero-order valence-electron chi connectivity index (χ0n) is 59.7. The fraction of sp³-hybridized carbons (Fsp3) is 0.558. The molecule has 3 saturated heterocycles. The highest BCUT2D eigenvalue weighted by Crippen LogP contribution is 2.53. The van der Waals surface area contributed by atoms with E-state index in [9.17, 15) is 19.2 Å². The van der Waals surface area contributed by atoms with Crippen LogP contribution >= 0.6 is 11.8 Å². The van der Waals surface area contributed by atoms with Crippen molar-refractivity contribution in [1.29, 1.82) is 0 Å². The molecule has 0 radical (unpaired) electrons. The molecule has 4 aromatic carbocycles. The zero-order valence-corrected chi connectivity index (χ0v) is 61.5. The molecule has 0 saturated carbocycles. The number of hydrogen-bond donors (Lipinski definition) is 0. The summed E-state index contributed by atoms with van der Waals surface area (Å²) in [5, 5.41) is 1.74. The molecule has 11 atom stereocenters. The van der Waals surface area contributed by atoms with Crippen molar-refractivity contribution in [2.45, 2.75) is 231 Å². The van der Waals surface area contributed by atoms with Crippen LogP contribution < -0.4 is 15.1 Å². The monoisotopic (exact) mass is 1360 g/mol. The van der Waals surface area contributed by atoms with Gasteiger partial charge in [0.1, 0.15) is 18.6 Å². The molecule has 3 heterocycles. The van der Waals surface area contributed by atoms with Crippen LogP contribution in [0.2, 0.25) is 5.04 Å². The second-order valence-corrected chi connectivity index (χ2v) is 34.9. The third-order valence-corrected chi connectivity index (χ3v) is 24.7. The van der Waals surface area contributed by atoms with Crippen molar-refractivity contribution in [1.82, 2.24) is 0 Å². The second kappa shape index (κ2) is 33.8. The van der Waals surface area contributed by atoms with Gasteiger partial charge in [0.2, 0.25) is 5.79 Å². The van der Waals surface area contributed by atoms with E-state index in [0.29, 0.717) is 37.2 Å². The molecule has 0 amide bonds. The van der Waals surface area contributed by atoms with Crippen LogP contribution in [0.4, 0.5) is 0 Å². The van der Waals surface area contributed by atoms with E-state index in [4.69, 9.17) is 61.3 Å². The number of benzene rings is 4. The Morgan fingerprint density at radius 3 is 1.86 bits per heavy atom. The molecule has 526 valence electrons. The van der Waals surface area contributed by atoms with Gasteiger partial charge in [-0.2, -0.15) is 0 Å². The number of rotatable bonds is 30. The van der Waals surface area contributed by atoms with Crippen LogP contribution in [-0.4, -0.2) is 138 Å². The molecule has 0 unspecified atom stereocenters. The summed E-state index contributed by atoms with van der Waals surface area (Å²) in [6, 6.07) is 38.2. The standard InChI is InChI=1S/C77H106O17SSi/c1-52-40-60(38-39-74(11,12)77(85-18)71(90-55(4)79)58(43-69(80)83-16)42-61(93-77)45-67(87-50-57-34-36-59(82-15)37-35-57)53(2)88-51-86-49-56-28-22-19-23-29-56)91-64(41-52)48-76(84-17)75(13,14)68(89-54(3)78)46-62(92-76)44-63(47-70(81)95-72(5,6)7)94-96(73(8,9)10,65-30-24-20-25-31-65)66-32-26-21-27-33-66/h19-39,43,53,60-64,67-68,71H,1,40-42,44-51H2,2-18H3/b39-38+,58-43+/t53-,60+,61+,62-,63-,64+,67-,68+,71+,76+,77-/m1/s1. The molecule has 0 N–H and O–H groups in total. The van der Waals surface area contributed by atoms with Gasteiger partial charge in [0.15, 0.2) is 17.0 Å². The van der Waals surface area contributed by atoms with Crippen molar-refractivity contribution >= 4 is 53.5 Å². The van der Waals surface area contributed by atoms with Crippen LogP contribution in [0, 0.1) is 10.8 Å². The summed E-state index contributed by atoms with van der Waals surface area (Å²) >= 11 is 1.30. The fourth-order valence-corrected chi connectivity index (χ4v) is 19.4. The third-order valence-electron chi connectivity index (χ3n) is 18.6. The normalized spacial score (nSPS) is 24.8. The molecule has 3 fully saturated rings. The number of ether oxygens (including phenoxy) is 12. The maximum atomic E-state index is 14.4. The van der Waals surface area contributed by atoms with Crippen LogP contribution in [0.5, 0.6) is 5.75 Å². The molecule has 3 aliphatic rings. The lowest BCUT2D eigenvalue weighted by atomic mass is 9.70. The van der Waals surface area contributed by atoms with Crippen LogP contribution in [-0.2, 0) is 88.9 Å². The number of methoxy groups -OCH3 is 4. The van der Waals surface area contributed by atoms with E-state index in [1.807, 2.05) is 159 Å². The lowest BCUT2D eigenvalue weighted by Gasteiger charge is -2.56. The van der Waals surface area contributed by atoms with Gasteiger partial charge in [-0.25, -0.2) is 4.79 Å². The van der Waals surface area contributed by atoms with Crippen molar-refractivity contribution in [3.63, 3.8) is 0 Å². The summed E-state index contributed by atoms with van der Waals surface area (Å²) in [6.45, 7) is 30.3. The van der Waals surface area contributed by atoms with Gasteiger partial charge in [-0.3, -0.25) is 14.4 Å². The minimum absolute atomic E-state index is 0.00408. The van der Waals surface area contributed by atoms with Crippen molar-refractivity contribution in [2.24, 2.45) is 10.8 Å². The quantitative estimate of drug-likeness (QED) is 0.00911. The summed E-state index contributed by atoms with van der Waals surface area (Å²) in [5.74, 6) is -4.21. The van der Waals surface area contributed by atoms with Crippen LogP contribution in [0.1, 0.15) is 153 Å². The molecule has 0 bridgehead atoms. The first-order valence-electron chi connectivity index (χ1n) is 33.4. The van der Waals surface area contributed by atoms with Gasteiger partial charge in [-0.1, -0.05) is 208 Å². The molecular formula is C77H106O17SSi. The Balaban J connectivity index is 1.20. The largest absolute Gasteiger partial charge is 0.497 e. The van der Waals surface area contributed by atoms with Gasteiger partial charge in [-0.05, 0) is 76.9 Å². The van der Waals surface area contributed by atoms with Crippen molar-refractivity contribution < 1.29 is 80.4 Å². The first-order chi connectivity index (χ1) is 45.3. The van der Waals surface area contributed by atoms with Crippen LogP contribution in [0.15, 0.2) is 151 Å². The maximum absolute atomic E-state index is 14.4. The van der Waals surface area contributed by atoms with Gasteiger partial charge >= 0.3 is 17.9 Å². The average molecular weight is 1360 g/mol. The van der Waals surface area contributed by atoms with Gasteiger partial charge in [0, 0.05) is 70.0 Å². The zero-order chi connectivity index (χ0) is 70.3. The number of carbonyl (C=O) groups is 4. The molecule has 3 aliphatic heterocycles. The molecule has 96 heavy (non-hydrogen) atoms. The summed E-state index contributed by atoms with van der Waals surface area (Å²) in [5.41, 5.74) is 1.11. The van der Waals surface area contributed by atoms with Crippen molar-refractivity contribution in [3.8, 4) is 5.75 Å². The number of hydrogen-bond acceptors (Lipinski definition) is 18.